The molecule has 2 fully saturated rings. The Morgan fingerprint density at radius 1 is 0.821 bits per heavy atom. The van der Waals surface area contributed by atoms with E-state index in [1.165, 1.54) is 6.42 Å². The van der Waals surface area contributed by atoms with Crippen LogP contribution in [-0.2, 0) is 19.0 Å². The minimum atomic E-state index is -0.00287. The summed E-state index contributed by atoms with van der Waals surface area (Å²) in [7, 11) is 0. The molecule has 0 spiro atoms. The van der Waals surface area contributed by atoms with Gasteiger partial charge in [0.25, 0.3) is 0 Å². The number of hydrogen-bond acceptors (Lipinski definition) is 4. The molecule has 0 radical (unpaired) electrons. The molecule has 4 nitrogen and oxygen atoms in total. The van der Waals surface area contributed by atoms with E-state index >= 15 is 0 Å². The zero-order valence-corrected chi connectivity index (χ0v) is 19.4. The molecule has 164 valence electrons. The number of ether oxygens (including phenoxy) is 3. The molecule has 0 N–H and O–H groups in total. The van der Waals surface area contributed by atoms with E-state index in [2.05, 4.69) is 48.5 Å². The lowest BCUT2D eigenvalue weighted by Gasteiger charge is -2.48. The predicted molar refractivity (Wildman–Crippen MR) is 113 cm³/mol. The molecule has 0 aromatic rings. The predicted octanol–water partition coefficient (Wildman–Crippen LogP) is 5.34. The van der Waals surface area contributed by atoms with Crippen molar-refractivity contribution in [1.29, 1.82) is 0 Å². The number of fused-ring (bicyclic) bond motifs is 2. The van der Waals surface area contributed by atoms with Crippen LogP contribution in [0.4, 0.5) is 0 Å². The maximum Gasteiger partial charge on any atom is 0.309 e. The highest BCUT2D eigenvalue weighted by Crippen LogP contribution is 2.64. The molecule has 0 heterocycles. The number of rotatable bonds is 10. The van der Waals surface area contributed by atoms with Gasteiger partial charge in [-0.25, -0.2) is 0 Å². The lowest BCUT2D eigenvalue weighted by atomic mass is 9.57. The monoisotopic (exact) mass is 396 g/mol. The zero-order valence-electron chi connectivity index (χ0n) is 19.4. The number of unbranched alkanes of at least 4 members (excludes halogenated alkanes) is 1. The number of carbonyl (C=O) groups is 1. The summed E-state index contributed by atoms with van der Waals surface area (Å²) >= 11 is 0. The van der Waals surface area contributed by atoms with Gasteiger partial charge >= 0.3 is 5.97 Å². The Morgan fingerprint density at radius 3 is 1.96 bits per heavy atom. The minimum Gasteiger partial charge on any atom is -0.463 e. The molecule has 2 aliphatic rings. The summed E-state index contributed by atoms with van der Waals surface area (Å²) < 4.78 is 16.6. The molecule has 0 aromatic carbocycles. The summed E-state index contributed by atoms with van der Waals surface area (Å²) in [6.45, 7) is 19.1. The molecule has 28 heavy (non-hydrogen) atoms. The van der Waals surface area contributed by atoms with E-state index in [0.717, 1.165) is 25.9 Å². The summed E-state index contributed by atoms with van der Waals surface area (Å²) in [5, 5.41) is 0. The van der Waals surface area contributed by atoms with Gasteiger partial charge in [-0.3, -0.25) is 4.79 Å². The van der Waals surface area contributed by atoms with Crippen LogP contribution < -0.4 is 0 Å². The van der Waals surface area contributed by atoms with Crippen LogP contribution >= 0.6 is 0 Å². The van der Waals surface area contributed by atoms with Crippen LogP contribution in [0.25, 0.3) is 0 Å². The van der Waals surface area contributed by atoms with E-state index < -0.39 is 0 Å². The summed E-state index contributed by atoms with van der Waals surface area (Å²) in [5.41, 5.74) is 0.510. The minimum absolute atomic E-state index is 0.00287. The van der Waals surface area contributed by atoms with Gasteiger partial charge in [-0.05, 0) is 53.8 Å². The third-order valence-corrected chi connectivity index (χ3v) is 6.79. The van der Waals surface area contributed by atoms with E-state index in [1.54, 1.807) is 0 Å². The van der Waals surface area contributed by atoms with Gasteiger partial charge in [-0.15, -0.1) is 0 Å². The average Bonchev–Trinajstić information content (AvgIpc) is 3.17. The number of carbonyl (C=O) groups excluding carboxylic acids is 1. The second kappa shape index (κ2) is 9.93. The van der Waals surface area contributed by atoms with Gasteiger partial charge in [-0.2, -0.15) is 0 Å². The van der Waals surface area contributed by atoms with Crippen LogP contribution in [0, 0.1) is 40.4 Å². The molecule has 5 unspecified atom stereocenters. The van der Waals surface area contributed by atoms with Gasteiger partial charge in [0.15, 0.2) is 0 Å². The molecule has 0 aliphatic heterocycles. The van der Waals surface area contributed by atoms with E-state index in [9.17, 15) is 4.79 Å². The van der Waals surface area contributed by atoms with Crippen LogP contribution in [0.1, 0.15) is 74.1 Å². The lowest BCUT2D eigenvalue weighted by Crippen LogP contribution is -2.44. The Hall–Kier alpha value is -0.610. The topological polar surface area (TPSA) is 44.8 Å². The first-order chi connectivity index (χ1) is 13.1. The van der Waals surface area contributed by atoms with Crippen LogP contribution in [0.15, 0.2) is 0 Å². The maximum atomic E-state index is 12.8. The second-order valence-electron chi connectivity index (χ2n) is 11.0. The van der Waals surface area contributed by atoms with E-state index in [1.807, 2.05) is 0 Å². The van der Waals surface area contributed by atoms with Crippen LogP contribution in [-0.4, -0.2) is 39.0 Å². The first kappa shape index (κ1) is 23.7. The largest absolute Gasteiger partial charge is 0.463 e. The molecule has 5 atom stereocenters. The first-order valence-electron chi connectivity index (χ1n) is 11.4. The van der Waals surface area contributed by atoms with Crippen molar-refractivity contribution in [1.82, 2.24) is 0 Å². The van der Waals surface area contributed by atoms with Gasteiger partial charge < -0.3 is 14.2 Å². The van der Waals surface area contributed by atoms with Crippen LogP contribution in [0.2, 0.25) is 0 Å². The smallest absolute Gasteiger partial charge is 0.309 e. The van der Waals surface area contributed by atoms with Crippen molar-refractivity contribution in [2.45, 2.75) is 74.1 Å². The van der Waals surface area contributed by atoms with Crippen molar-refractivity contribution >= 4 is 5.97 Å². The van der Waals surface area contributed by atoms with Gasteiger partial charge in [0, 0.05) is 6.61 Å². The third kappa shape index (κ3) is 5.95. The van der Waals surface area contributed by atoms with Gasteiger partial charge in [0.05, 0.1) is 25.7 Å². The Kier molecular flexibility index (Phi) is 8.39. The summed E-state index contributed by atoms with van der Waals surface area (Å²) in [5.74, 6) is 2.47. The van der Waals surface area contributed by atoms with E-state index in [4.69, 9.17) is 14.2 Å². The van der Waals surface area contributed by atoms with Gasteiger partial charge in [-0.1, -0.05) is 54.9 Å². The zero-order chi connectivity index (χ0) is 20.9. The summed E-state index contributed by atoms with van der Waals surface area (Å²) in [6.07, 6.45) is 4.43. The molecule has 0 amide bonds. The number of esters is 1. The molecule has 4 heteroatoms. The Bertz CT molecular complexity index is 488. The Balaban J connectivity index is 1.77. The van der Waals surface area contributed by atoms with Crippen LogP contribution in [0.5, 0.6) is 0 Å². The summed E-state index contributed by atoms with van der Waals surface area (Å²) in [6, 6.07) is 0. The van der Waals surface area contributed by atoms with Crippen molar-refractivity contribution in [3.05, 3.63) is 0 Å². The Labute approximate surface area is 173 Å². The highest BCUT2D eigenvalue weighted by atomic mass is 16.6. The normalized spacial score (nSPS) is 30.0. The van der Waals surface area contributed by atoms with Crippen LogP contribution in [0.3, 0.4) is 0 Å². The number of hydrogen-bond donors (Lipinski definition) is 0. The molecule has 2 saturated carbocycles. The maximum absolute atomic E-state index is 12.8. The molecule has 0 saturated heterocycles. The fourth-order valence-corrected chi connectivity index (χ4v) is 5.93. The lowest BCUT2D eigenvalue weighted by molar-refractivity contribution is -0.155. The highest BCUT2D eigenvalue weighted by Gasteiger charge is 2.60. The fraction of sp³-hybridized carbons (Fsp3) is 0.958. The molecule has 2 aliphatic carbocycles. The van der Waals surface area contributed by atoms with Crippen molar-refractivity contribution in [2.24, 2.45) is 40.4 Å². The van der Waals surface area contributed by atoms with Gasteiger partial charge in [0.2, 0.25) is 0 Å². The van der Waals surface area contributed by atoms with Crippen molar-refractivity contribution in [3.8, 4) is 0 Å². The van der Waals surface area contributed by atoms with Crippen molar-refractivity contribution in [2.75, 3.05) is 33.0 Å². The van der Waals surface area contributed by atoms with Crippen molar-refractivity contribution < 1.29 is 19.0 Å². The van der Waals surface area contributed by atoms with E-state index in [-0.39, 0.29) is 17.3 Å². The Morgan fingerprint density at radius 2 is 1.39 bits per heavy atom. The van der Waals surface area contributed by atoms with E-state index in [0.29, 0.717) is 55.5 Å². The average molecular weight is 397 g/mol. The SMILES string of the molecule is CCCCOCCOCCOC(=O)C1CC2CC1C(C(C)(C)C)C2C(C)(C)C. The molecule has 2 bridgehead atoms. The molecule has 2 rings (SSSR count). The molecular weight excluding hydrogens is 352 g/mol. The quantitative estimate of drug-likeness (QED) is 0.369. The third-order valence-electron chi connectivity index (χ3n) is 6.79. The highest BCUT2D eigenvalue weighted by molar-refractivity contribution is 5.73. The van der Waals surface area contributed by atoms with Crippen molar-refractivity contribution in [3.63, 3.8) is 0 Å². The standard InChI is InChI=1S/C24H44O4/c1-8-9-10-26-11-12-27-13-14-28-22(25)19-16-17-15-18(19)21(24(5,6)7)20(17)23(2,3)4/h17-21H,8-16H2,1-7H3. The second-order valence-corrected chi connectivity index (χ2v) is 11.0. The molecule has 0 aromatic heterocycles. The molecular formula is C24H44O4. The summed E-state index contributed by atoms with van der Waals surface area (Å²) in [4.78, 5) is 12.8. The first-order valence-corrected chi connectivity index (χ1v) is 11.4. The van der Waals surface area contributed by atoms with Gasteiger partial charge in [0.1, 0.15) is 6.61 Å². The fourth-order valence-electron chi connectivity index (χ4n) is 5.93.